The minimum Gasteiger partial charge on any atom is -0.433 e. The lowest BCUT2D eigenvalue weighted by atomic mass is 10.2. The van der Waals surface area contributed by atoms with Crippen LogP contribution in [0.4, 0.5) is 14.5 Å². The second-order valence-corrected chi connectivity index (χ2v) is 8.15. The minimum absolute atomic E-state index is 0.164. The molecular weight excluding hydrogens is 396 g/mol. The van der Waals surface area contributed by atoms with Gasteiger partial charge in [0.25, 0.3) is 0 Å². The molecule has 0 saturated carbocycles. The number of aryl methyl sites for hydroxylation is 2. The molecule has 9 heteroatoms. The number of thiazole rings is 1. The van der Waals surface area contributed by atoms with Gasteiger partial charge >= 0.3 is 6.61 Å². The van der Waals surface area contributed by atoms with Crippen molar-refractivity contribution in [3.8, 4) is 5.75 Å². The fraction of sp³-hybridized carbons (Fsp3) is 0.500. The predicted molar refractivity (Wildman–Crippen MR) is 113 cm³/mol. The molecule has 1 aromatic heterocycles. The number of rotatable bonds is 7. The zero-order chi connectivity index (χ0) is 20.8. The Morgan fingerprint density at radius 1 is 1.38 bits per heavy atom. The number of hydrogen-bond donors (Lipinski definition) is 2. The van der Waals surface area contributed by atoms with Crippen LogP contribution in [0, 0.1) is 13.8 Å². The lowest BCUT2D eigenvalue weighted by Crippen LogP contribution is -2.44. The van der Waals surface area contributed by atoms with Crippen molar-refractivity contribution < 1.29 is 13.5 Å². The zero-order valence-electron chi connectivity index (χ0n) is 16.9. The van der Waals surface area contributed by atoms with Crippen LogP contribution in [-0.2, 0) is 6.54 Å². The standard InChI is InChI=1S/C20H27F2N5OS/c1-4-23-20(24-11-18-13(2)25-14(3)29-18)26-15-9-10-27(12-15)16-7-5-6-8-17(16)28-19(21)22/h5-8,15,19H,4,9-12H2,1-3H3,(H2,23,24,26). The summed E-state index contributed by atoms with van der Waals surface area (Å²) >= 11 is 1.66. The van der Waals surface area contributed by atoms with Crippen LogP contribution in [0.2, 0.25) is 0 Å². The van der Waals surface area contributed by atoms with Gasteiger partial charge in [0.05, 0.1) is 22.9 Å². The van der Waals surface area contributed by atoms with Crippen LogP contribution in [0.15, 0.2) is 29.3 Å². The molecule has 29 heavy (non-hydrogen) atoms. The second-order valence-electron chi connectivity index (χ2n) is 6.86. The van der Waals surface area contributed by atoms with Gasteiger partial charge < -0.3 is 20.3 Å². The molecule has 0 amide bonds. The monoisotopic (exact) mass is 423 g/mol. The number of nitrogens with zero attached hydrogens (tertiary/aromatic N) is 3. The van der Waals surface area contributed by atoms with Crippen molar-refractivity contribution in [1.29, 1.82) is 0 Å². The van der Waals surface area contributed by atoms with Gasteiger partial charge in [-0.1, -0.05) is 12.1 Å². The van der Waals surface area contributed by atoms with Gasteiger partial charge in [0.1, 0.15) is 5.75 Å². The van der Waals surface area contributed by atoms with Gasteiger partial charge in [-0.15, -0.1) is 11.3 Å². The summed E-state index contributed by atoms with van der Waals surface area (Å²) in [5, 5.41) is 7.79. The molecule has 1 saturated heterocycles. The summed E-state index contributed by atoms with van der Waals surface area (Å²) in [6.07, 6.45) is 0.881. The van der Waals surface area contributed by atoms with Crippen LogP contribution in [0.5, 0.6) is 5.75 Å². The van der Waals surface area contributed by atoms with E-state index in [0.29, 0.717) is 18.8 Å². The van der Waals surface area contributed by atoms with Gasteiger partial charge in [-0.2, -0.15) is 8.78 Å². The number of hydrogen-bond acceptors (Lipinski definition) is 5. The number of anilines is 1. The SMILES string of the molecule is CCNC(=NCc1sc(C)nc1C)NC1CCN(c2ccccc2OC(F)F)C1. The van der Waals surface area contributed by atoms with Crippen molar-refractivity contribution in [2.45, 2.75) is 46.4 Å². The van der Waals surface area contributed by atoms with E-state index in [0.717, 1.165) is 41.0 Å². The molecule has 3 rings (SSSR count). The third-order valence-electron chi connectivity index (χ3n) is 4.68. The topological polar surface area (TPSA) is 61.8 Å². The number of benzene rings is 1. The molecule has 1 aromatic carbocycles. The molecule has 2 heterocycles. The van der Waals surface area contributed by atoms with Crippen LogP contribution in [0.3, 0.4) is 0 Å². The molecule has 0 radical (unpaired) electrons. The van der Waals surface area contributed by atoms with E-state index in [-0.39, 0.29) is 11.8 Å². The first-order valence-corrected chi connectivity index (χ1v) is 10.5. The second kappa shape index (κ2) is 9.87. The zero-order valence-corrected chi connectivity index (χ0v) is 17.7. The van der Waals surface area contributed by atoms with E-state index in [1.54, 1.807) is 23.5 Å². The lowest BCUT2D eigenvalue weighted by Gasteiger charge is -2.22. The average molecular weight is 424 g/mol. The van der Waals surface area contributed by atoms with E-state index >= 15 is 0 Å². The first-order chi connectivity index (χ1) is 14.0. The maximum absolute atomic E-state index is 12.7. The van der Waals surface area contributed by atoms with Crippen LogP contribution in [0.1, 0.15) is 28.9 Å². The van der Waals surface area contributed by atoms with Gasteiger partial charge in [-0.25, -0.2) is 9.98 Å². The molecule has 0 spiro atoms. The van der Waals surface area contributed by atoms with Gasteiger partial charge in [-0.3, -0.25) is 0 Å². The Bertz CT molecular complexity index is 842. The van der Waals surface area contributed by atoms with E-state index in [4.69, 9.17) is 4.99 Å². The van der Waals surface area contributed by atoms with E-state index < -0.39 is 6.61 Å². The number of ether oxygens (including phenoxy) is 1. The van der Waals surface area contributed by atoms with Crippen LogP contribution < -0.4 is 20.3 Å². The highest BCUT2D eigenvalue weighted by molar-refractivity contribution is 7.11. The van der Waals surface area contributed by atoms with Gasteiger partial charge in [0.2, 0.25) is 0 Å². The van der Waals surface area contributed by atoms with E-state index in [2.05, 4.69) is 25.3 Å². The molecule has 158 valence electrons. The molecule has 1 atom stereocenters. The molecule has 1 aliphatic heterocycles. The van der Waals surface area contributed by atoms with Crippen LogP contribution >= 0.6 is 11.3 Å². The summed E-state index contributed by atoms with van der Waals surface area (Å²) in [5.74, 6) is 0.960. The molecule has 2 aromatic rings. The minimum atomic E-state index is -2.83. The fourth-order valence-electron chi connectivity index (χ4n) is 3.40. The smallest absolute Gasteiger partial charge is 0.387 e. The Morgan fingerprint density at radius 3 is 2.86 bits per heavy atom. The summed E-state index contributed by atoms with van der Waals surface area (Å²) in [7, 11) is 0. The highest BCUT2D eigenvalue weighted by atomic mass is 32.1. The van der Waals surface area contributed by atoms with Crippen molar-refractivity contribution in [2.24, 2.45) is 4.99 Å². The van der Waals surface area contributed by atoms with E-state index in [9.17, 15) is 8.78 Å². The number of halogens is 2. The number of aliphatic imine (C=N–C) groups is 1. The molecule has 2 N–H and O–H groups in total. The molecule has 0 bridgehead atoms. The Hall–Kier alpha value is -2.42. The van der Waals surface area contributed by atoms with Crippen LogP contribution in [-0.4, -0.2) is 43.2 Å². The van der Waals surface area contributed by atoms with E-state index in [1.165, 1.54) is 0 Å². The number of guanidine groups is 1. The normalized spacial score (nSPS) is 17.1. The summed E-state index contributed by atoms with van der Waals surface area (Å²) in [6.45, 7) is 5.97. The quantitative estimate of drug-likeness (QED) is 0.525. The Balaban J connectivity index is 1.64. The first kappa shape index (κ1) is 21.3. The highest BCUT2D eigenvalue weighted by Crippen LogP contribution is 2.31. The number of nitrogens with one attached hydrogen (secondary N) is 2. The third-order valence-corrected chi connectivity index (χ3v) is 5.73. The maximum atomic E-state index is 12.7. The number of aromatic nitrogens is 1. The first-order valence-electron chi connectivity index (χ1n) is 9.72. The van der Waals surface area contributed by atoms with Crippen molar-refractivity contribution in [3.05, 3.63) is 39.8 Å². The number of alkyl halides is 2. The lowest BCUT2D eigenvalue weighted by molar-refractivity contribution is -0.0495. The van der Waals surface area contributed by atoms with Gasteiger partial charge in [0.15, 0.2) is 5.96 Å². The maximum Gasteiger partial charge on any atom is 0.387 e. The molecular formula is C20H27F2N5OS. The highest BCUT2D eigenvalue weighted by Gasteiger charge is 2.26. The predicted octanol–water partition coefficient (Wildman–Crippen LogP) is 3.70. The molecule has 1 fully saturated rings. The van der Waals surface area contributed by atoms with Crippen molar-refractivity contribution >= 4 is 23.0 Å². The summed E-state index contributed by atoms with van der Waals surface area (Å²) in [4.78, 5) is 12.4. The molecule has 1 aliphatic rings. The summed E-state index contributed by atoms with van der Waals surface area (Å²) in [5.41, 5.74) is 1.71. The summed E-state index contributed by atoms with van der Waals surface area (Å²) < 4.78 is 30.1. The summed E-state index contributed by atoms with van der Waals surface area (Å²) in [6, 6.07) is 7.09. The largest absolute Gasteiger partial charge is 0.433 e. The average Bonchev–Trinajstić information content (AvgIpc) is 3.25. The fourth-order valence-corrected chi connectivity index (χ4v) is 4.26. The van der Waals surface area contributed by atoms with Crippen LogP contribution in [0.25, 0.3) is 0 Å². The van der Waals surface area contributed by atoms with Gasteiger partial charge in [0, 0.05) is 30.6 Å². The third kappa shape index (κ3) is 5.79. The molecule has 6 nitrogen and oxygen atoms in total. The Labute approximate surface area is 174 Å². The Kier molecular flexibility index (Phi) is 7.24. The van der Waals surface area contributed by atoms with Crippen molar-refractivity contribution in [3.63, 3.8) is 0 Å². The van der Waals surface area contributed by atoms with E-state index in [1.807, 2.05) is 32.9 Å². The molecule has 0 aliphatic carbocycles. The molecule has 1 unspecified atom stereocenters. The van der Waals surface area contributed by atoms with Gasteiger partial charge in [-0.05, 0) is 39.3 Å². The number of para-hydroxylation sites is 2. The van der Waals surface area contributed by atoms with Crippen molar-refractivity contribution in [1.82, 2.24) is 15.6 Å². The Morgan fingerprint density at radius 2 is 2.17 bits per heavy atom. The van der Waals surface area contributed by atoms with Crippen molar-refractivity contribution in [2.75, 3.05) is 24.5 Å².